The summed E-state index contributed by atoms with van der Waals surface area (Å²) in [5, 5.41) is 13.2. The second-order valence-electron chi connectivity index (χ2n) is 4.72. The van der Waals surface area contributed by atoms with Crippen molar-refractivity contribution in [3.63, 3.8) is 0 Å². The number of aryl methyl sites for hydroxylation is 2. The molecule has 0 fully saturated rings. The molecule has 2 aromatic rings. The third-order valence-corrected chi connectivity index (χ3v) is 4.81. The Hall–Kier alpha value is -2.15. The zero-order valence-electron chi connectivity index (χ0n) is 11.8. The zero-order valence-corrected chi connectivity index (χ0v) is 12.6. The number of aromatic nitrogens is 2. The maximum Gasteiger partial charge on any atom is 0.336 e. The highest BCUT2D eigenvalue weighted by atomic mass is 32.2. The Labute approximate surface area is 123 Å². The van der Waals surface area contributed by atoms with E-state index in [1.54, 1.807) is 25.4 Å². The van der Waals surface area contributed by atoms with Crippen LogP contribution in [-0.4, -0.2) is 29.3 Å². The van der Waals surface area contributed by atoms with Crippen molar-refractivity contribution in [2.24, 2.45) is 7.05 Å². The summed E-state index contributed by atoms with van der Waals surface area (Å²) < 4.78 is 26.2. The predicted molar refractivity (Wildman–Crippen MR) is 76.9 cm³/mol. The Balaban J connectivity index is 2.40. The van der Waals surface area contributed by atoms with Gasteiger partial charge in [0.05, 0.1) is 21.9 Å². The Bertz CT molecular complexity index is 778. The van der Waals surface area contributed by atoms with E-state index in [0.717, 1.165) is 0 Å². The lowest BCUT2D eigenvalue weighted by atomic mass is 10.1. The van der Waals surface area contributed by atoms with Crippen LogP contribution in [0.15, 0.2) is 35.4 Å². The fraction of sp³-hybridized carbons (Fsp3) is 0.286. The highest BCUT2D eigenvalue weighted by Crippen LogP contribution is 2.20. The standard InChI is InChI=1S/C14H16N2O4S/c1-3-10-4-5-12(8-13(10)14(17)18)21(19,20)9-11-6-7-16(2)15-11/h4-8H,3,9H2,1-2H3,(H,17,18). The summed E-state index contributed by atoms with van der Waals surface area (Å²) in [5.74, 6) is -1.38. The number of carbonyl (C=O) groups is 1. The van der Waals surface area contributed by atoms with Crippen LogP contribution in [0.5, 0.6) is 0 Å². The summed E-state index contributed by atoms with van der Waals surface area (Å²) in [5.41, 5.74) is 1.06. The summed E-state index contributed by atoms with van der Waals surface area (Å²) in [6, 6.07) is 5.84. The molecule has 2 rings (SSSR count). The fourth-order valence-corrected chi connectivity index (χ4v) is 3.36. The van der Waals surface area contributed by atoms with Crippen molar-refractivity contribution in [2.45, 2.75) is 24.0 Å². The minimum atomic E-state index is -3.62. The number of hydrogen-bond donors (Lipinski definition) is 1. The number of aromatic carboxylic acids is 1. The molecule has 1 aromatic carbocycles. The molecule has 0 saturated heterocycles. The van der Waals surface area contributed by atoms with Crippen molar-refractivity contribution < 1.29 is 18.3 Å². The van der Waals surface area contributed by atoms with Gasteiger partial charge in [0.2, 0.25) is 0 Å². The van der Waals surface area contributed by atoms with Crippen molar-refractivity contribution in [2.75, 3.05) is 0 Å². The van der Waals surface area contributed by atoms with Gasteiger partial charge in [-0.3, -0.25) is 4.68 Å². The van der Waals surface area contributed by atoms with Gasteiger partial charge in [0, 0.05) is 13.2 Å². The van der Waals surface area contributed by atoms with Crippen molar-refractivity contribution >= 4 is 15.8 Å². The molecule has 0 unspecified atom stereocenters. The van der Waals surface area contributed by atoms with Crippen LogP contribution in [0.25, 0.3) is 0 Å². The van der Waals surface area contributed by atoms with E-state index in [-0.39, 0.29) is 16.2 Å². The number of benzene rings is 1. The normalized spacial score (nSPS) is 11.5. The van der Waals surface area contributed by atoms with Gasteiger partial charge in [0.15, 0.2) is 9.84 Å². The maximum absolute atomic E-state index is 12.3. The number of sulfone groups is 1. The van der Waals surface area contributed by atoms with Gasteiger partial charge in [-0.1, -0.05) is 13.0 Å². The molecular weight excluding hydrogens is 292 g/mol. The summed E-state index contributed by atoms with van der Waals surface area (Å²) in [4.78, 5) is 11.2. The lowest BCUT2D eigenvalue weighted by Crippen LogP contribution is -2.09. The molecule has 0 aliphatic rings. The zero-order chi connectivity index (χ0) is 15.6. The van der Waals surface area contributed by atoms with Crippen molar-refractivity contribution in [1.29, 1.82) is 0 Å². The fourth-order valence-electron chi connectivity index (χ4n) is 2.07. The lowest BCUT2D eigenvalue weighted by molar-refractivity contribution is 0.0695. The Kier molecular flexibility index (Phi) is 4.13. The Morgan fingerprint density at radius 3 is 2.57 bits per heavy atom. The molecule has 0 bridgehead atoms. The van der Waals surface area contributed by atoms with Crippen LogP contribution in [0.3, 0.4) is 0 Å². The number of carboxylic acids is 1. The number of hydrogen-bond acceptors (Lipinski definition) is 4. The molecule has 1 N–H and O–H groups in total. The van der Waals surface area contributed by atoms with E-state index >= 15 is 0 Å². The van der Waals surface area contributed by atoms with Gasteiger partial charge < -0.3 is 5.11 Å². The first-order valence-corrected chi connectivity index (χ1v) is 8.06. The average Bonchev–Trinajstić information content (AvgIpc) is 2.82. The van der Waals surface area contributed by atoms with E-state index in [1.807, 2.05) is 6.92 Å². The van der Waals surface area contributed by atoms with Crippen LogP contribution in [0.1, 0.15) is 28.5 Å². The third kappa shape index (κ3) is 3.30. The first-order chi connectivity index (χ1) is 9.83. The van der Waals surface area contributed by atoms with E-state index in [4.69, 9.17) is 5.11 Å². The molecule has 0 saturated carbocycles. The van der Waals surface area contributed by atoms with Crippen molar-refractivity contribution in [3.8, 4) is 0 Å². The molecule has 0 spiro atoms. The van der Waals surface area contributed by atoms with Gasteiger partial charge in [0.1, 0.15) is 0 Å². The van der Waals surface area contributed by atoms with Gasteiger partial charge in [-0.15, -0.1) is 0 Å². The molecule has 112 valence electrons. The monoisotopic (exact) mass is 308 g/mol. The van der Waals surface area contributed by atoms with Crippen LogP contribution >= 0.6 is 0 Å². The molecular formula is C14H16N2O4S. The molecule has 0 amide bonds. The maximum atomic E-state index is 12.3. The van der Waals surface area contributed by atoms with E-state index in [2.05, 4.69) is 5.10 Å². The van der Waals surface area contributed by atoms with E-state index in [1.165, 1.54) is 16.8 Å². The van der Waals surface area contributed by atoms with Crippen molar-refractivity contribution in [3.05, 3.63) is 47.3 Å². The van der Waals surface area contributed by atoms with Crippen LogP contribution in [0, 0.1) is 0 Å². The number of rotatable bonds is 5. The summed E-state index contributed by atoms with van der Waals surface area (Å²) in [6.07, 6.45) is 2.19. The second kappa shape index (κ2) is 5.69. The lowest BCUT2D eigenvalue weighted by Gasteiger charge is -2.07. The first kappa shape index (κ1) is 15.2. The number of carboxylic acid groups (broad SMARTS) is 1. The van der Waals surface area contributed by atoms with Crippen LogP contribution in [0.4, 0.5) is 0 Å². The molecule has 0 aliphatic carbocycles. The van der Waals surface area contributed by atoms with E-state index < -0.39 is 15.8 Å². The molecule has 0 radical (unpaired) electrons. The molecule has 0 atom stereocenters. The molecule has 6 nitrogen and oxygen atoms in total. The smallest absolute Gasteiger partial charge is 0.336 e. The predicted octanol–water partition coefficient (Wildman–Crippen LogP) is 1.65. The molecule has 1 aromatic heterocycles. The SMILES string of the molecule is CCc1ccc(S(=O)(=O)Cc2ccn(C)n2)cc1C(=O)O. The first-order valence-electron chi connectivity index (χ1n) is 6.41. The van der Waals surface area contributed by atoms with Gasteiger partial charge in [-0.25, -0.2) is 13.2 Å². The van der Waals surface area contributed by atoms with Gasteiger partial charge in [-0.2, -0.15) is 5.10 Å². The minimum absolute atomic E-state index is 0.00255. The van der Waals surface area contributed by atoms with E-state index in [9.17, 15) is 13.2 Å². The minimum Gasteiger partial charge on any atom is -0.478 e. The second-order valence-corrected chi connectivity index (χ2v) is 6.71. The topological polar surface area (TPSA) is 89.3 Å². The molecule has 1 heterocycles. The van der Waals surface area contributed by atoms with Gasteiger partial charge in [-0.05, 0) is 30.2 Å². The average molecular weight is 308 g/mol. The van der Waals surface area contributed by atoms with Gasteiger partial charge >= 0.3 is 5.97 Å². The highest BCUT2D eigenvalue weighted by molar-refractivity contribution is 7.90. The number of nitrogens with zero attached hydrogens (tertiary/aromatic N) is 2. The summed E-state index contributed by atoms with van der Waals surface area (Å²) in [7, 11) is -1.92. The summed E-state index contributed by atoms with van der Waals surface area (Å²) >= 11 is 0. The van der Waals surface area contributed by atoms with Crippen LogP contribution in [0.2, 0.25) is 0 Å². The summed E-state index contributed by atoms with van der Waals surface area (Å²) in [6.45, 7) is 1.82. The van der Waals surface area contributed by atoms with Gasteiger partial charge in [0.25, 0.3) is 0 Å². The largest absolute Gasteiger partial charge is 0.478 e. The highest BCUT2D eigenvalue weighted by Gasteiger charge is 2.20. The van der Waals surface area contributed by atoms with Crippen LogP contribution < -0.4 is 0 Å². The Morgan fingerprint density at radius 1 is 1.33 bits per heavy atom. The van der Waals surface area contributed by atoms with Crippen molar-refractivity contribution in [1.82, 2.24) is 9.78 Å². The third-order valence-electron chi connectivity index (χ3n) is 3.16. The van der Waals surface area contributed by atoms with E-state index in [0.29, 0.717) is 17.7 Å². The quantitative estimate of drug-likeness (QED) is 0.907. The van der Waals surface area contributed by atoms with Crippen LogP contribution in [-0.2, 0) is 29.1 Å². The molecule has 0 aliphatic heterocycles. The molecule has 7 heteroatoms. The molecule has 21 heavy (non-hydrogen) atoms. The Morgan fingerprint density at radius 2 is 2.05 bits per heavy atom.